The van der Waals surface area contributed by atoms with Crippen molar-refractivity contribution in [1.82, 2.24) is 15.0 Å². The van der Waals surface area contributed by atoms with Gasteiger partial charge in [0.25, 0.3) is 0 Å². The fraction of sp³-hybridized carbons (Fsp3) is 0.263. The molecule has 4 nitrogen and oxygen atoms in total. The van der Waals surface area contributed by atoms with E-state index in [1.807, 2.05) is 35.1 Å². The fourth-order valence-corrected chi connectivity index (χ4v) is 2.67. The fourth-order valence-electron chi connectivity index (χ4n) is 2.67. The molecule has 3 rings (SSSR count). The third kappa shape index (κ3) is 3.97. The SMILES string of the molecule is COc1ccc(C)cc1CCc1cn(Cc2ccccc2)nn1. The first-order chi connectivity index (χ1) is 11.2. The van der Waals surface area contributed by atoms with Crippen LogP contribution in [0.4, 0.5) is 0 Å². The van der Waals surface area contributed by atoms with Crippen molar-refractivity contribution in [3.63, 3.8) is 0 Å². The van der Waals surface area contributed by atoms with Gasteiger partial charge < -0.3 is 4.74 Å². The highest BCUT2D eigenvalue weighted by atomic mass is 16.5. The van der Waals surface area contributed by atoms with Gasteiger partial charge in [0.05, 0.1) is 19.3 Å². The van der Waals surface area contributed by atoms with Crippen molar-refractivity contribution in [3.05, 3.63) is 77.1 Å². The lowest BCUT2D eigenvalue weighted by Crippen LogP contribution is -1.99. The van der Waals surface area contributed by atoms with E-state index in [1.165, 1.54) is 16.7 Å². The third-order valence-corrected chi connectivity index (χ3v) is 3.86. The molecule has 0 saturated heterocycles. The summed E-state index contributed by atoms with van der Waals surface area (Å²) in [6, 6.07) is 16.6. The van der Waals surface area contributed by atoms with Gasteiger partial charge in [-0.05, 0) is 37.0 Å². The topological polar surface area (TPSA) is 39.9 Å². The second-order valence-corrected chi connectivity index (χ2v) is 5.71. The molecule has 118 valence electrons. The molecule has 0 saturated carbocycles. The molecule has 0 unspecified atom stereocenters. The normalized spacial score (nSPS) is 10.7. The number of hydrogen-bond acceptors (Lipinski definition) is 3. The molecule has 0 amide bonds. The summed E-state index contributed by atoms with van der Waals surface area (Å²) in [5.74, 6) is 0.937. The monoisotopic (exact) mass is 307 g/mol. The van der Waals surface area contributed by atoms with Crippen molar-refractivity contribution in [2.75, 3.05) is 7.11 Å². The van der Waals surface area contributed by atoms with Crippen LogP contribution in [0, 0.1) is 6.92 Å². The van der Waals surface area contributed by atoms with Crippen LogP contribution in [0.5, 0.6) is 5.75 Å². The minimum Gasteiger partial charge on any atom is -0.496 e. The lowest BCUT2D eigenvalue weighted by atomic mass is 10.0. The van der Waals surface area contributed by atoms with Crippen molar-refractivity contribution in [3.8, 4) is 5.75 Å². The van der Waals surface area contributed by atoms with E-state index in [4.69, 9.17) is 4.74 Å². The number of aryl methyl sites for hydroxylation is 3. The first-order valence-corrected chi connectivity index (χ1v) is 7.81. The number of benzene rings is 2. The summed E-state index contributed by atoms with van der Waals surface area (Å²) < 4.78 is 7.32. The highest BCUT2D eigenvalue weighted by Crippen LogP contribution is 2.21. The Labute approximate surface area is 136 Å². The maximum absolute atomic E-state index is 5.43. The Morgan fingerprint density at radius 2 is 1.87 bits per heavy atom. The molecular formula is C19H21N3O. The summed E-state index contributed by atoms with van der Waals surface area (Å²) in [6.45, 7) is 2.85. The predicted octanol–water partition coefficient (Wildman–Crippen LogP) is 3.43. The number of aromatic nitrogens is 3. The Kier molecular flexibility index (Phi) is 4.71. The summed E-state index contributed by atoms with van der Waals surface area (Å²) in [5, 5.41) is 8.50. The molecule has 23 heavy (non-hydrogen) atoms. The van der Waals surface area contributed by atoms with Gasteiger partial charge in [0.1, 0.15) is 5.75 Å². The van der Waals surface area contributed by atoms with E-state index in [9.17, 15) is 0 Å². The number of methoxy groups -OCH3 is 1. The molecule has 0 aliphatic rings. The van der Waals surface area contributed by atoms with E-state index in [-0.39, 0.29) is 0 Å². The van der Waals surface area contributed by atoms with Crippen molar-refractivity contribution >= 4 is 0 Å². The lowest BCUT2D eigenvalue weighted by Gasteiger charge is -2.08. The number of ether oxygens (including phenoxy) is 1. The molecule has 0 aliphatic heterocycles. The van der Waals surface area contributed by atoms with Crippen LogP contribution in [-0.2, 0) is 19.4 Å². The van der Waals surface area contributed by atoms with E-state index in [2.05, 4.69) is 41.5 Å². The van der Waals surface area contributed by atoms with Gasteiger partial charge in [0, 0.05) is 6.20 Å². The summed E-state index contributed by atoms with van der Waals surface area (Å²) >= 11 is 0. The largest absolute Gasteiger partial charge is 0.496 e. The van der Waals surface area contributed by atoms with Gasteiger partial charge in [-0.25, -0.2) is 4.68 Å². The van der Waals surface area contributed by atoms with E-state index in [0.717, 1.165) is 30.8 Å². The zero-order valence-corrected chi connectivity index (χ0v) is 13.6. The van der Waals surface area contributed by atoms with Gasteiger partial charge in [0.15, 0.2) is 0 Å². The molecule has 1 heterocycles. The third-order valence-electron chi connectivity index (χ3n) is 3.86. The second kappa shape index (κ2) is 7.09. The lowest BCUT2D eigenvalue weighted by molar-refractivity contribution is 0.409. The molecule has 0 fully saturated rings. The van der Waals surface area contributed by atoms with E-state index in [0.29, 0.717) is 0 Å². The van der Waals surface area contributed by atoms with Gasteiger partial charge in [-0.1, -0.05) is 53.2 Å². The van der Waals surface area contributed by atoms with Crippen LogP contribution in [0.25, 0.3) is 0 Å². The minimum atomic E-state index is 0.752. The summed E-state index contributed by atoms with van der Waals surface area (Å²) in [7, 11) is 1.71. The molecule has 0 spiro atoms. The molecular weight excluding hydrogens is 286 g/mol. The molecule has 2 aromatic carbocycles. The van der Waals surface area contributed by atoms with Crippen LogP contribution in [0.15, 0.2) is 54.7 Å². The molecule has 0 radical (unpaired) electrons. The molecule has 1 aromatic heterocycles. The van der Waals surface area contributed by atoms with Crippen LogP contribution >= 0.6 is 0 Å². The molecule has 0 atom stereocenters. The quantitative estimate of drug-likeness (QED) is 0.700. The summed E-state index contributed by atoms with van der Waals surface area (Å²) in [6.07, 6.45) is 3.78. The maximum atomic E-state index is 5.43. The smallest absolute Gasteiger partial charge is 0.122 e. The Morgan fingerprint density at radius 1 is 1.04 bits per heavy atom. The molecule has 0 bridgehead atoms. The summed E-state index contributed by atoms with van der Waals surface area (Å²) in [5.41, 5.74) is 4.69. The Bertz CT molecular complexity index is 765. The van der Waals surface area contributed by atoms with Gasteiger partial charge in [0.2, 0.25) is 0 Å². The highest BCUT2D eigenvalue weighted by molar-refractivity contribution is 5.37. The number of hydrogen-bond donors (Lipinski definition) is 0. The van der Waals surface area contributed by atoms with E-state index < -0.39 is 0 Å². The Morgan fingerprint density at radius 3 is 2.65 bits per heavy atom. The van der Waals surface area contributed by atoms with Crippen molar-refractivity contribution in [2.45, 2.75) is 26.3 Å². The summed E-state index contributed by atoms with van der Waals surface area (Å²) in [4.78, 5) is 0. The van der Waals surface area contributed by atoms with Crippen LogP contribution in [0.3, 0.4) is 0 Å². The molecule has 3 aromatic rings. The van der Waals surface area contributed by atoms with Gasteiger partial charge in [-0.3, -0.25) is 0 Å². The van der Waals surface area contributed by atoms with Gasteiger partial charge >= 0.3 is 0 Å². The molecule has 0 aliphatic carbocycles. The van der Waals surface area contributed by atoms with Crippen molar-refractivity contribution < 1.29 is 4.74 Å². The van der Waals surface area contributed by atoms with Crippen molar-refractivity contribution in [2.24, 2.45) is 0 Å². The average molecular weight is 307 g/mol. The van der Waals surface area contributed by atoms with Crippen LogP contribution in [0.1, 0.15) is 22.4 Å². The van der Waals surface area contributed by atoms with Gasteiger partial charge in [-0.15, -0.1) is 5.10 Å². The second-order valence-electron chi connectivity index (χ2n) is 5.71. The highest BCUT2D eigenvalue weighted by Gasteiger charge is 2.06. The number of rotatable bonds is 6. The molecule has 0 N–H and O–H groups in total. The predicted molar refractivity (Wildman–Crippen MR) is 90.7 cm³/mol. The zero-order valence-electron chi connectivity index (χ0n) is 13.6. The first-order valence-electron chi connectivity index (χ1n) is 7.81. The van der Waals surface area contributed by atoms with Crippen molar-refractivity contribution in [1.29, 1.82) is 0 Å². The number of nitrogens with zero attached hydrogens (tertiary/aromatic N) is 3. The first kappa shape index (κ1) is 15.3. The average Bonchev–Trinajstić information content (AvgIpc) is 3.01. The van der Waals surface area contributed by atoms with E-state index >= 15 is 0 Å². The zero-order chi connectivity index (χ0) is 16.1. The van der Waals surface area contributed by atoms with Gasteiger partial charge in [-0.2, -0.15) is 0 Å². The standard InChI is InChI=1S/C19H21N3O/c1-15-8-11-19(23-2)17(12-15)9-10-18-14-22(21-20-18)13-16-6-4-3-5-7-16/h3-8,11-12,14H,9-10,13H2,1-2H3. The Hall–Kier alpha value is -2.62. The van der Waals surface area contributed by atoms with Crippen LogP contribution in [-0.4, -0.2) is 22.1 Å². The van der Waals surface area contributed by atoms with Crippen LogP contribution < -0.4 is 4.74 Å². The van der Waals surface area contributed by atoms with Crippen LogP contribution in [0.2, 0.25) is 0 Å². The maximum Gasteiger partial charge on any atom is 0.122 e. The Balaban J connectivity index is 1.64. The molecule has 4 heteroatoms. The van der Waals surface area contributed by atoms with E-state index in [1.54, 1.807) is 7.11 Å². The minimum absolute atomic E-state index is 0.752.